The lowest BCUT2D eigenvalue weighted by atomic mass is 9.83. The van der Waals surface area contributed by atoms with Crippen LogP contribution in [0.2, 0.25) is 0 Å². The maximum Gasteiger partial charge on any atom is 0.411 e. The molecule has 0 aromatic heterocycles. The normalized spacial score (nSPS) is 25.7. The molecule has 1 unspecified atom stereocenters. The Labute approximate surface area is 147 Å². The highest BCUT2D eigenvalue weighted by Gasteiger charge is 2.52. The first-order valence-corrected chi connectivity index (χ1v) is 8.53. The van der Waals surface area contributed by atoms with Gasteiger partial charge in [0, 0.05) is 12.8 Å². The predicted molar refractivity (Wildman–Crippen MR) is 93.2 cm³/mol. The molecule has 0 aromatic carbocycles. The van der Waals surface area contributed by atoms with Gasteiger partial charge in [-0.25, -0.2) is 4.79 Å². The maximum atomic E-state index is 12.8. The summed E-state index contributed by atoms with van der Waals surface area (Å²) in [7, 11) is 0. The third-order valence-electron chi connectivity index (χ3n) is 4.53. The number of rotatable bonds is 2. The lowest BCUT2D eigenvalue weighted by molar-refractivity contribution is -0.130. The fraction of sp³-hybridized carbons (Fsp3) is 0.588. The topological polar surface area (TPSA) is 100 Å². The van der Waals surface area contributed by atoms with Crippen molar-refractivity contribution in [3.05, 3.63) is 23.7 Å². The summed E-state index contributed by atoms with van der Waals surface area (Å²) in [5.41, 5.74) is 8.60. The molecular formula is C17H25N5O3. The zero-order valence-electron chi connectivity index (χ0n) is 14.9. The Morgan fingerprint density at radius 2 is 2.12 bits per heavy atom. The number of hydrogen-bond acceptors (Lipinski definition) is 6. The zero-order valence-corrected chi connectivity index (χ0v) is 14.9. The molecule has 3 heterocycles. The van der Waals surface area contributed by atoms with Crippen LogP contribution in [0.3, 0.4) is 0 Å². The molecule has 0 saturated carbocycles. The highest BCUT2D eigenvalue weighted by Crippen LogP contribution is 2.38. The van der Waals surface area contributed by atoms with E-state index in [1.165, 1.54) is 4.90 Å². The summed E-state index contributed by atoms with van der Waals surface area (Å²) in [6.07, 6.45) is 6.85. The SMILES string of the molecule is CC(C)(C)OC(=O)N1CCCCC1(C(N)=O)C1=CC2=CN=CCN2N1. The van der Waals surface area contributed by atoms with Crippen molar-refractivity contribution in [1.29, 1.82) is 0 Å². The summed E-state index contributed by atoms with van der Waals surface area (Å²) in [5.74, 6) is -0.557. The number of aliphatic imine (C=N–C) groups is 1. The summed E-state index contributed by atoms with van der Waals surface area (Å²) >= 11 is 0. The second-order valence-corrected chi connectivity index (χ2v) is 7.48. The van der Waals surface area contributed by atoms with Crippen LogP contribution in [0.5, 0.6) is 0 Å². The summed E-state index contributed by atoms with van der Waals surface area (Å²) in [4.78, 5) is 31.0. The maximum absolute atomic E-state index is 12.8. The minimum absolute atomic E-state index is 0.423. The van der Waals surface area contributed by atoms with Gasteiger partial charge in [-0.3, -0.25) is 25.1 Å². The Hall–Kier alpha value is -2.51. The van der Waals surface area contributed by atoms with Crippen LogP contribution in [0.25, 0.3) is 0 Å². The number of allylic oxidation sites excluding steroid dienone is 1. The van der Waals surface area contributed by atoms with E-state index in [4.69, 9.17) is 10.5 Å². The van der Waals surface area contributed by atoms with Crippen molar-refractivity contribution >= 4 is 18.2 Å². The van der Waals surface area contributed by atoms with Gasteiger partial charge in [0.15, 0.2) is 5.54 Å². The number of primary amides is 1. The van der Waals surface area contributed by atoms with E-state index < -0.39 is 23.1 Å². The van der Waals surface area contributed by atoms with Gasteiger partial charge in [-0.2, -0.15) is 0 Å². The minimum Gasteiger partial charge on any atom is -0.444 e. The smallest absolute Gasteiger partial charge is 0.411 e. The van der Waals surface area contributed by atoms with Crippen LogP contribution in [-0.4, -0.2) is 52.4 Å². The number of piperidine rings is 1. The van der Waals surface area contributed by atoms with Crippen molar-refractivity contribution < 1.29 is 14.3 Å². The van der Waals surface area contributed by atoms with Crippen molar-refractivity contribution in [3.8, 4) is 0 Å². The zero-order chi connectivity index (χ0) is 18.2. The molecule has 8 heteroatoms. The number of ether oxygens (including phenoxy) is 1. The van der Waals surface area contributed by atoms with Crippen LogP contribution in [0.1, 0.15) is 40.0 Å². The quantitative estimate of drug-likeness (QED) is 0.783. The first-order chi connectivity index (χ1) is 11.7. The molecule has 25 heavy (non-hydrogen) atoms. The molecule has 0 radical (unpaired) electrons. The van der Waals surface area contributed by atoms with Crippen LogP contribution < -0.4 is 11.2 Å². The Morgan fingerprint density at radius 1 is 1.36 bits per heavy atom. The van der Waals surface area contributed by atoms with E-state index in [2.05, 4.69) is 10.4 Å². The monoisotopic (exact) mass is 347 g/mol. The summed E-state index contributed by atoms with van der Waals surface area (Å²) < 4.78 is 5.53. The standard InChI is InChI=1S/C17H25N5O3/c1-16(2,3)25-15(24)21-8-5-4-6-17(21,14(18)23)13-10-12-11-19-7-9-22(12)20-13/h7,10-11,20H,4-6,8-9H2,1-3H3,(H2,18,23). The van der Waals surface area contributed by atoms with Crippen LogP contribution in [0, 0.1) is 0 Å². The third kappa shape index (κ3) is 3.08. The van der Waals surface area contributed by atoms with Crippen LogP contribution in [0.15, 0.2) is 28.7 Å². The average Bonchev–Trinajstić information content (AvgIpc) is 2.97. The molecular weight excluding hydrogens is 322 g/mol. The molecule has 1 atom stereocenters. The minimum atomic E-state index is -1.24. The van der Waals surface area contributed by atoms with E-state index in [1.807, 2.05) is 11.1 Å². The molecule has 0 aliphatic carbocycles. The van der Waals surface area contributed by atoms with E-state index in [0.717, 1.165) is 18.5 Å². The van der Waals surface area contributed by atoms with Gasteiger partial charge < -0.3 is 10.5 Å². The largest absolute Gasteiger partial charge is 0.444 e. The first kappa shape index (κ1) is 17.3. The van der Waals surface area contributed by atoms with Crippen molar-refractivity contribution in [3.63, 3.8) is 0 Å². The fourth-order valence-corrected chi connectivity index (χ4v) is 3.41. The summed E-state index contributed by atoms with van der Waals surface area (Å²) in [6.45, 7) is 6.41. The van der Waals surface area contributed by atoms with Crippen molar-refractivity contribution in [2.45, 2.75) is 51.2 Å². The van der Waals surface area contributed by atoms with Gasteiger partial charge in [-0.15, -0.1) is 0 Å². The van der Waals surface area contributed by atoms with E-state index >= 15 is 0 Å². The van der Waals surface area contributed by atoms with Crippen LogP contribution >= 0.6 is 0 Å². The second kappa shape index (κ2) is 6.09. The summed E-state index contributed by atoms with van der Waals surface area (Å²) in [6, 6.07) is 0. The number of nitrogens with one attached hydrogen (secondary N) is 1. The molecule has 8 nitrogen and oxygen atoms in total. The molecule has 0 bridgehead atoms. The Balaban J connectivity index is 1.98. The third-order valence-corrected chi connectivity index (χ3v) is 4.53. The highest BCUT2D eigenvalue weighted by molar-refractivity contribution is 5.92. The van der Waals surface area contributed by atoms with E-state index in [-0.39, 0.29) is 0 Å². The molecule has 3 rings (SSSR count). The number of fused-ring (bicyclic) bond motifs is 1. The van der Waals surface area contributed by atoms with Gasteiger partial charge in [-0.05, 0) is 46.1 Å². The molecule has 3 N–H and O–H groups in total. The molecule has 3 aliphatic heterocycles. The summed E-state index contributed by atoms with van der Waals surface area (Å²) in [5, 5.41) is 1.87. The number of nitrogens with zero attached hydrogens (tertiary/aromatic N) is 3. The van der Waals surface area contributed by atoms with E-state index in [1.54, 1.807) is 33.2 Å². The molecule has 1 fully saturated rings. The molecule has 136 valence electrons. The molecule has 0 spiro atoms. The van der Waals surface area contributed by atoms with Crippen LogP contribution in [-0.2, 0) is 9.53 Å². The molecule has 3 aliphatic rings. The second-order valence-electron chi connectivity index (χ2n) is 7.48. The Kier molecular flexibility index (Phi) is 4.22. The van der Waals surface area contributed by atoms with Gasteiger partial charge in [-0.1, -0.05) is 0 Å². The van der Waals surface area contributed by atoms with Crippen molar-refractivity contribution in [2.24, 2.45) is 10.7 Å². The molecule has 0 aromatic rings. The van der Waals surface area contributed by atoms with Crippen molar-refractivity contribution in [1.82, 2.24) is 15.3 Å². The number of nitrogens with two attached hydrogens (primary N) is 1. The lowest BCUT2D eigenvalue weighted by Crippen LogP contribution is -2.65. The number of hydrogen-bond donors (Lipinski definition) is 2. The van der Waals surface area contributed by atoms with Crippen molar-refractivity contribution in [2.75, 3.05) is 13.1 Å². The molecule has 2 amide bonds. The lowest BCUT2D eigenvalue weighted by Gasteiger charge is -2.45. The Morgan fingerprint density at radius 3 is 2.76 bits per heavy atom. The van der Waals surface area contributed by atoms with Gasteiger partial charge in [0.2, 0.25) is 5.91 Å². The van der Waals surface area contributed by atoms with Gasteiger partial charge in [0.1, 0.15) is 5.60 Å². The van der Waals surface area contributed by atoms with Gasteiger partial charge in [0.05, 0.1) is 24.1 Å². The number of carbonyl (C=O) groups is 2. The van der Waals surface area contributed by atoms with Crippen LogP contribution in [0.4, 0.5) is 4.79 Å². The highest BCUT2D eigenvalue weighted by atomic mass is 16.6. The number of likely N-dealkylation sites (tertiary alicyclic amines) is 1. The predicted octanol–water partition coefficient (Wildman–Crippen LogP) is 1.26. The first-order valence-electron chi connectivity index (χ1n) is 8.53. The number of carbonyl (C=O) groups excluding carboxylic acids is 2. The van der Waals surface area contributed by atoms with E-state index in [9.17, 15) is 9.59 Å². The van der Waals surface area contributed by atoms with E-state index in [0.29, 0.717) is 25.2 Å². The van der Waals surface area contributed by atoms with Gasteiger partial charge >= 0.3 is 6.09 Å². The number of hydrazine groups is 1. The Bertz CT molecular complexity index is 676. The number of amides is 2. The fourth-order valence-electron chi connectivity index (χ4n) is 3.41. The average molecular weight is 347 g/mol. The molecule has 1 saturated heterocycles. The van der Waals surface area contributed by atoms with Gasteiger partial charge in [0.25, 0.3) is 0 Å².